The van der Waals surface area contributed by atoms with Gasteiger partial charge in [-0.3, -0.25) is 0 Å². The van der Waals surface area contributed by atoms with Crippen LogP contribution in [0.2, 0.25) is 0 Å². The lowest BCUT2D eigenvalue weighted by molar-refractivity contribution is -0.139. The molecule has 3 heteroatoms. The maximum absolute atomic E-state index is 11.2. The molecule has 0 unspecified atom stereocenters. The van der Waals surface area contributed by atoms with Gasteiger partial charge in [0.05, 0.1) is 18.8 Å². The van der Waals surface area contributed by atoms with E-state index in [-0.39, 0.29) is 12.6 Å². The van der Waals surface area contributed by atoms with Gasteiger partial charge in [-0.15, -0.1) is 0 Å². The van der Waals surface area contributed by atoms with E-state index in [0.717, 1.165) is 6.42 Å². The molecule has 0 amide bonds. The molecule has 18 heavy (non-hydrogen) atoms. The topological polar surface area (TPSA) is 35.5 Å². The van der Waals surface area contributed by atoms with Crippen molar-refractivity contribution in [2.24, 2.45) is 0 Å². The second-order valence-corrected chi connectivity index (χ2v) is 4.50. The molecule has 0 spiro atoms. The molecule has 0 saturated heterocycles. The van der Waals surface area contributed by atoms with Gasteiger partial charge in [-0.2, -0.15) is 0 Å². The second-order valence-electron chi connectivity index (χ2n) is 4.50. The van der Waals surface area contributed by atoms with Gasteiger partial charge in [-0.25, -0.2) is 4.79 Å². The highest BCUT2D eigenvalue weighted by atomic mass is 16.5. The minimum atomic E-state index is -0.350. The summed E-state index contributed by atoms with van der Waals surface area (Å²) in [6.45, 7) is 9.02. The molecule has 0 aliphatic carbocycles. The third-order valence-electron chi connectivity index (χ3n) is 2.73. The number of carbonyl (C=O) groups is 1. The molecule has 0 bridgehead atoms. The Balaban J connectivity index is 3.25. The predicted molar refractivity (Wildman–Crippen MR) is 74.6 cm³/mol. The van der Waals surface area contributed by atoms with Gasteiger partial charge >= 0.3 is 5.97 Å². The van der Waals surface area contributed by atoms with E-state index in [2.05, 4.69) is 13.5 Å². The van der Waals surface area contributed by atoms with Crippen molar-refractivity contribution in [1.82, 2.24) is 0 Å². The van der Waals surface area contributed by atoms with Crippen LogP contribution in [0.15, 0.2) is 12.2 Å². The largest absolute Gasteiger partial charge is 0.463 e. The van der Waals surface area contributed by atoms with E-state index in [1.807, 2.05) is 0 Å². The fraction of sp³-hybridized carbons (Fsp3) is 0.800. The first-order valence-electron chi connectivity index (χ1n) is 7.15. The van der Waals surface area contributed by atoms with Crippen LogP contribution in [0.3, 0.4) is 0 Å². The first-order valence-corrected chi connectivity index (χ1v) is 7.15. The van der Waals surface area contributed by atoms with Crippen LogP contribution in [0.25, 0.3) is 0 Å². The minimum Gasteiger partial charge on any atom is -0.463 e. The zero-order valence-corrected chi connectivity index (χ0v) is 12.0. The van der Waals surface area contributed by atoms with E-state index in [4.69, 9.17) is 9.47 Å². The van der Waals surface area contributed by atoms with Crippen LogP contribution in [0, 0.1) is 0 Å². The van der Waals surface area contributed by atoms with E-state index in [1.54, 1.807) is 6.92 Å². The summed E-state index contributed by atoms with van der Waals surface area (Å²) in [5.74, 6) is -0.350. The van der Waals surface area contributed by atoms with Gasteiger partial charge in [0.25, 0.3) is 0 Å². The molecular weight excluding hydrogens is 228 g/mol. The third kappa shape index (κ3) is 10.3. The molecule has 3 nitrogen and oxygen atoms in total. The van der Waals surface area contributed by atoms with Gasteiger partial charge in [-0.1, -0.05) is 52.0 Å². The maximum atomic E-state index is 11.2. The molecular formula is C15H28O3. The van der Waals surface area contributed by atoms with Crippen molar-refractivity contribution in [3.05, 3.63) is 12.2 Å². The molecule has 0 aliphatic heterocycles. The van der Waals surface area contributed by atoms with Crippen molar-refractivity contribution >= 4 is 5.97 Å². The molecule has 0 heterocycles. The van der Waals surface area contributed by atoms with E-state index in [9.17, 15) is 4.79 Å². The van der Waals surface area contributed by atoms with E-state index in [1.165, 1.54) is 38.5 Å². The molecule has 0 aromatic carbocycles. The van der Waals surface area contributed by atoms with Gasteiger partial charge in [0.15, 0.2) is 0 Å². The Bertz CT molecular complexity index is 224. The summed E-state index contributed by atoms with van der Waals surface area (Å²) in [5, 5.41) is 0. The minimum absolute atomic E-state index is 0.286. The molecule has 0 rings (SSSR count). The lowest BCUT2D eigenvalue weighted by atomic mass is 10.1. The Morgan fingerprint density at radius 3 is 2.22 bits per heavy atom. The van der Waals surface area contributed by atoms with Gasteiger partial charge in [0, 0.05) is 6.61 Å². The normalized spacial score (nSPS) is 10.3. The summed E-state index contributed by atoms with van der Waals surface area (Å²) in [7, 11) is 0. The van der Waals surface area contributed by atoms with Crippen molar-refractivity contribution < 1.29 is 14.3 Å². The summed E-state index contributed by atoms with van der Waals surface area (Å²) in [4.78, 5) is 11.2. The van der Waals surface area contributed by atoms with Crippen molar-refractivity contribution in [3.63, 3.8) is 0 Å². The van der Waals surface area contributed by atoms with Crippen molar-refractivity contribution in [1.29, 1.82) is 0 Å². The summed E-state index contributed by atoms with van der Waals surface area (Å²) >= 11 is 0. The van der Waals surface area contributed by atoms with Gasteiger partial charge in [0.1, 0.15) is 0 Å². The zero-order valence-electron chi connectivity index (χ0n) is 12.0. The summed E-state index contributed by atoms with van der Waals surface area (Å²) in [6.07, 6.45) is 8.84. The quantitative estimate of drug-likeness (QED) is 0.302. The lowest BCUT2D eigenvalue weighted by Gasteiger charge is -2.06. The number of unbranched alkanes of at least 4 members (excludes halogenated alkanes) is 6. The molecule has 0 N–H and O–H groups in total. The number of ether oxygens (including phenoxy) is 2. The third-order valence-corrected chi connectivity index (χ3v) is 2.73. The Morgan fingerprint density at radius 1 is 1.00 bits per heavy atom. The Kier molecular flexibility index (Phi) is 12.0. The van der Waals surface area contributed by atoms with Crippen LogP contribution in [-0.4, -0.2) is 25.8 Å². The molecule has 106 valence electrons. The van der Waals surface area contributed by atoms with Crippen LogP contribution in [0.5, 0.6) is 0 Å². The number of hydrogen-bond acceptors (Lipinski definition) is 3. The standard InChI is InChI=1S/C15H28O3/c1-4-6-7-8-9-10-11-12-17-13-14(3)15(16)18-5-2/h3-13H2,1-2H3. The van der Waals surface area contributed by atoms with Crippen LogP contribution in [0.1, 0.15) is 58.8 Å². The van der Waals surface area contributed by atoms with E-state index >= 15 is 0 Å². The number of carbonyl (C=O) groups excluding carboxylic acids is 1. The van der Waals surface area contributed by atoms with Crippen LogP contribution < -0.4 is 0 Å². The number of rotatable bonds is 12. The van der Waals surface area contributed by atoms with Crippen LogP contribution >= 0.6 is 0 Å². The average Bonchev–Trinajstić information content (AvgIpc) is 2.36. The maximum Gasteiger partial charge on any atom is 0.335 e. The molecule has 0 atom stereocenters. The molecule has 0 aromatic rings. The Morgan fingerprint density at radius 2 is 1.61 bits per heavy atom. The monoisotopic (exact) mass is 256 g/mol. The summed E-state index contributed by atoms with van der Waals surface area (Å²) < 4.78 is 10.2. The summed E-state index contributed by atoms with van der Waals surface area (Å²) in [6, 6.07) is 0. The Hall–Kier alpha value is -0.830. The predicted octanol–water partition coefficient (Wildman–Crippen LogP) is 3.87. The van der Waals surface area contributed by atoms with Gasteiger partial charge < -0.3 is 9.47 Å². The van der Waals surface area contributed by atoms with E-state index < -0.39 is 0 Å². The van der Waals surface area contributed by atoms with Gasteiger partial charge in [-0.05, 0) is 13.3 Å². The number of hydrogen-bond donors (Lipinski definition) is 0. The van der Waals surface area contributed by atoms with Crippen molar-refractivity contribution in [2.45, 2.75) is 58.8 Å². The Labute approximate surface area is 112 Å². The average molecular weight is 256 g/mol. The molecule has 0 fully saturated rings. The summed E-state index contributed by atoms with van der Waals surface area (Å²) in [5.41, 5.74) is 0.403. The van der Waals surface area contributed by atoms with Crippen molar-refractivity contribution in [2.75, 3.05) is 19.8 Å². The first kappa shape index (κ1) is 17.2. The molecule has 0 radical (unpaired) electrons. The highest BCUT2D eigenvalue weighted by molar-refractivity contribution is 5.87. The first-order chi connectivity index (χ1) is 8.72. The SMILES string of the molecule is C=C(COCCCCCCCCC)C(=O)OCC. The highest BCUT2D eigenvalue weighted by Gasteiger charge is 2.06. The van der Waals surface area contributed by atoms with Crippen molar-refractivity contribution in [3.8, 4) is 0 Å². The smallest absolute Gasteiger partial charge is 0.335 e. The zero-order chi connectivity index (χ0) is 13.6. The second kappa shape index (κ2) is 12.6. The fourth-order valence-electron chi connectivity index (χ4n) is 1.65. The number of esters is 1. The molecule has 0 saturated carbocycles. The van der Waals surface area contributed by atoms with Crippen LogP contribution in [-0.2, 0) is 14.3 Å². The van der Waals surface area contributed by atoms with Gasteiger partial charge in [0.2, 0.25) is 0 Å². The lowest BCUT2D eigenvalue weighted by Crippen LogP contribution is -2.12. The fourth-order valence-corrected chi connectivity index (χ4v) is 1.65. The highest BCUT2D eigenvalue weighted by Crippen LogP contribution is 2.07. The molecule has 0 aliphatic rings. The van der Waals surface area contributed by atoms with E-state index in [0.29, 0.717) is 18.8 Å². The van der Waals surface area contributed by atoms with Crippen LogP contribution in [0.4, 0.5) is 0 Å². The molecule has 0 aromatic heterocycles.